The number of aromatic amines is 1. The molecular formula is C23H29N3O2S2. The fourth-order valence-electron chi connectivity index (χ4n) is 3.98. The molecule has 0 bridgehead atoms. The van der Waals surface area contributed by atoms with E-state index in [0.717, 1.165) is 34.8 Å². The highest BCUT2D eigenvalue weighted by atomic mass is 32.2. The normalized spacial score (nSPS) is 16.6. The van der Waals surface area contributed by atoms with E-state index in [-0.39, 0.29) is 5.43 Å². The van der Waals surface area contributed by atoms with Gasteiger partial charge in [0.05, 0.1) is 6.61 Å². The van der Waals surface area contributed by atoms with E-state index in [4.69, 9.17) is 4.74 Å². The maximum Gasteiger partial charge on any atom is 0.223 e. The number of H-pyrrole nitrogens is 1. The summed E-state index contributed by atoms with van der Waals surface area (Å²) < 4.78 is 5.48. The van der Waals surface area contributed by atoms with Crippen molar-refractivity contribution < 1.29 is 4.74 Å². The number of rotatable bonds is 6. The molecule has 0 saturated heterocycles. The van der Waals surface area contributed by atoms with Crippen molar-refractivity contribution in [1.29, 1.82) is 0 Å². The number of aryl methyl sites for hydroxylation is 1. The van der Waals surface area contributed by atoms with Crippen LogP contribution < -0.4 is 10.2 Å². The highest BCUT2D eigenvalue weighted by Gasteiger charge is 2.31. The van der Waals surface area contributed by atoms with Crippen LogP contribution in [0.5, 0.6) is 5.75 Å². The van der Waals surface area contributed by atoms with E-state index < -0.39 is 0 Å². The van der Waals surface area contributed by atoms with Gasteiger partial charge in [-0.3, -0.25) is 4.79 Å². The smallest absolute Gasteiger partial charge is 0.223 e. The standard InChI is InChI=1S/C23H29N3O2S2/c1-5-8-28-18-11-24-15(10-17(18)27)12-29-21-20-16-7-6-14(23(2,3)4)9-19(16)30-22(20)26-13-25-21/h10-11,13-14H,5-9,12H2,1-4H3,(H,24,27). The molecule has 160 valence electrons. The number of hydrogen-bond acceptors (Lipinski definition) is 6. The number of hydrogen-bond donors (Lipinski definition) is 1. The molecule has 3 heterocycles. The zero-order valence-electron chi connectivity index (χ0n) is 18.1. The third-order valence-corrected chi connectivity index (χ3v) is 8.00. The minimum absolute atomic E-state index is 0.0771. The second kappa shape index (κ2) is 8.71. The van der Waals surface area contributed by atoms with Gasteiger partial charge in [0.2, 0.25) is 5.43 Å². The molecule has 3 aromatic rings. The molecule has 7 heteroatoms. The summed E-state index contributed by atoms with van der Waals surface area (Å²) in [5.74, 6) is 1.75. The minimum atomic E-state index is -0.0771. The molecule has 1 atom stereocenters. The summed E-state index contributed by atoms with van der Waals surface area (Å²) in [6.07, 6.45) is 7.66. The van der Waals surface area contributed by atoms with Gasteiger partial charge >= 0.3 is 0 Å². The van der Waals surface area contributed by atoms with Crippen molar-refractivity contribution in [3.63, 3.8) is 0 Å². The van der Waals surface area contributed by atoms with Crippen molar-refractivity contribution in [3.8, 4) is 5.75 Å². The van der Waals surface area contributed by atoms with Gasteiger partial charge in [-0.25, -0.2) is 9.97 Å². The van der Waals surface area contributed by atoms with Crippen LogP contribution in [0.15, 0.2) is 28.4 Å². The van der Waals surface area contributed by atoms with Crippen molar-refractivity contribution in [3.05, 3.63) is 44.9 Å². The Bertz CT molecular complexity index is 1100. The van der Waals surface area contributed by atoms with Crippen LogP contribution in [0, 0.1) is 11.3 Å². The summed E-state index contributed by atoms with van der Waals surface area (Å²) >= 11 is 3.49. The lowest BCUT2D eigenvalue weighted by atomic mass is 9.72. The Balaban J connectivity index is 1.55. The maximum absolute atomic E-state index is 12.3. The average molecular weight is 444 g/mol. The first-order chi connectivity index (χ1) is 14.4. The van der Waals surface area contributed by atoms with E-state index in [2.05, 4.69) is 35.7 Å². The number of thioether (sulfide) groups is 1. The van der Waals surface area contributed by atoms with Gasteiger partial charge in [0, 0.05) is 34.0 Å². The van der Waals surface area contributed by atoms with Gasteiger partial charge in [0.25, 0.3) is 0 Å². The van der Waals surface area contributed by atoms with Gasteiger partial charge in [-0.2, -0.15) is 0 Å². The van der Waals surface area contributed by atoms with Crippen LogP contribution in [-0.2, 0) is 18.6 Å². The molecule has 0 spiro atoms. The second-order valence-corrected chi connectivity index (χ2v) is 11.0. The Morgan fingerprint density at radius 2 is 2.17 bits per heavy atom. The van der Waals surface area contributed by atoms with Crippen molar-refractivity contribution in [2.75, 3.05) is 6.61 Å². The number of nitrogens with one attached hydrogen (secondary N) is 1. The predicted molar refractivity (Wildman–Crippen MR) is 125 cm³/mol. The molecule has 30 heavy (non-hydrogen) atoms. The predicted octanol–water partition coefficient (Wildman–Crippen LogP) is 5.61. The first-order valence-electron chi connectivity index (χ1n) is 10.6. The van der Waals surface area contributed by atoms with E-state index >= 15 is 0 Å². The van der Waals surface area contributed by atoms with Crippen LogP contribution in [0.3, 0.4) is 0 Å². The monoisotopic (exact) mass is 443 g/mol. The zero-order valence-corrected chi connectivity index (χ0v) is 19.7. The molecule has 5 nitrogen and oxygen atoms in total. The molecule has 1 aliphatic carbocycles. The van der Waals surface area contributed by atoms with Gasteiger partial charge in [-0.05, 0) is 42.6 Å². The Kier molecular flexibility index (Phi) is 6.21. The molecule has 1 unspecified atom stereocenters. The minimum Gasteiger partial charge on any atom is -0.488 e. The van der Waals surface area contributed by atoms with Gasteiger partial charge in [-0.15, -0.1) is 11.3 Å². The van der Waals surface area contributed by atoms with Crippen LogP contribution in [-0.4, -0.2) is 21.6 Å². The van der Waals surface area contributed by atoms with Crippen molar-refractivity contribution >= 4 is 33.3 Å². The molecule has 0 aliphatic heterocycles. The molecule has 0 aromatic carbocycles. The van der Waals surface area contributed by atoms with Crippen LogP contribution in [0.25, 0.3) is 10.2 Å². The molecule has 0 fully saturated rings. The number of ether oxygens (including phenoxy) is 1. The molecule has 3 aromatic heterocycles. The average Bonchev–Trinajstić information content (AvgIpc) is 3.09. The van der Waals surface area contributed by atoms with Crippen LogP contribution in [0.2, 0.25) is 0 Å². The fraction of sp³-hybridized carbons (Fsp3) is 0.522. The molecule has 0 amide bonds. The lowest BCUT2D eigenvalue weighted by Crippen LogP contribution is -2.26. The summed E-state index contributed by atoms with van der Waals surface area (Å²) in [5, 5.41) is 2.24. The van der Waals surface area contributed by atoms with E-state index in [0.29, 0.717) is 29.4 Å². The lowest BCUT2D eigenvalue weighted by molar-refractivity contribution is 0.218. The van der Waals surface area contributed by atoms with Gasteiger partial charge in [-0.1, -0.05) is 39.5 Å². The number of thiophene rings is 1. The number of aromatic nitrogens is 3. The maximum atomic E-state index is 12.3. The Morgan fingerprint density at radius 1 is 1.33 bits per heavy atom. The Labute approximate surface area is 185 Å². The van der Waals surface area contributed by atoms with E-state index in [1.807, 2.05) is 18.3 Å². The summed E-state index contributed by atoms with van der Waals surface area (Å²) in [5.41, 5.74) is 2.57. The molecule has 1 N–H and O–H groups in total. The topological polar surface area (TPSA) is 67.9 Å². The third kappa shape index (κ3) is 4.42. The number of fused-ring (bicyclic) bond motifs is 3. The molecule has 0 radical (unpaired) electrons. The lowest BCUT2D eigenvalue weighted by Gasteiger charge is -2.33. The van der Waals surface area contributed by atoms with E-state index in [9.17, 15) is 4.79 Å². The van der Waals surface area contributed by atoms with Crippen molar-refractivity contribution in [2.24, 2.45) is 11.3 Å². The van der Waals surface area contributed by atoms with Crippen molar-refractivity contribution in [1.82, 2.24) is 15.0 Å². The number of nitrogens with zero attached hydrogens (tertiary/aromatic N) is 2. The summed E-state index contributed by atoms with van der Waals surface area (Å²) in [4.78, 5) is 27.2. The molecule has 4 rings (SSSR count). The van der Waals surface area contributed by atoms with E-state index in [1.54, 1.807) is 30.4 Å². The third-order valence-electron chi connectivity index (χ3n) is 5.80. The fourth-order valence-corrected chi connectivity index (χ4v) is 6.26. The van der Waals surface area contributed by atoms with Crippen LogP contribution in [0.1, 0.15) is 56.7 Å². The zero-order chi connectivity index (χ0) is 21.3. The van der Waals surface area contributed by atoms with Crippen LogP contribution >= 0.6 is 23.1 Å². The SMILES string of the molecule is CCCOc1c[nH]c(CSc2ncnc3sc4c(c23)CCC(C(C)(C)C)C4)cc1=O. The second-order valence-electron chi connectivity index (χ2n) is 8.99. The molecular weight excluding hydrogens is 414 g/mol. The Hall–Kier alpha value is -1.86. The quantitative estimate of drug-likeness (QED) is 0.396. The van der Waals surface area contributed by atoms with Gasteiger partial charge in [0.15, 0.2) is 5.75 Å². The number of pyridine rings is 1. The summed E-state index contributed by atoms with van der Waals surface area (Å²) in [7, 11) is 0. The largest absolute Gasteiger partial charge is 0.488 e. The van der Waals surface area contributed by atoms with E-state index in [1.165, 1.54) is 22.2 Å². The van der Waals surface area contributed by atoms with Gasteiger partial charge in [0.1, 0.15) is 16.2 Å². The summed E-state index contributed by atoms with van der Waals surface area (Å²) in [6, 6.07) is 1.63. The Morgan fingerprint density at radius 3 is 2.90 bits per heavy atom. The first-order valence-corrected chi connectivity index (χ1v) is 12.4. The highest BCUT2D eigenvalue weighted by Crippen LogP contribution is 2.44. The highest BCUT2D eigenvalue weighted by molar-refractivity contribution is 7.98. The van der Waals surface area contributed by atoms with Crippen molar-refractivity contribution in [2.45, 2.75) is 64.2 Å². The van der Waals surface area contributed by atoms with Crippen LogP contribution in [0.4, 0.5) is 0 Å². The van der Waals surface area contributed by atoms with Gasteiger partial charge < -0.3 is 9.72 Å². The summed E-state index contributed by atoms with van der Waals surface area (Å²) in [6.45, 7) is 9.60. The molecule has 0 saturated carbocycles. The first kappa shape index (κ1) is 21.4. The molecule has 1 aliphatic rings.